The first-order valence-electron chi connectivity index (χ1n) is 22.1. The van der Waals surface area contributed by atoms with Crippen LogP contribution < -0.4 is 0 Å². The number of ether oxygens (including phenoxy) is 4. The van der Waals surface area contributed by atoms with Gasteiger partial charge in [-0.15, -0.1) is 0 Å². The molecule has 0 aromatic carbocycles. The van der Waals surface area contributed by atoms with Crippen LogP contribution in [0.2, 0.25) is 0 Å². The van der Waals surface area contributed by atoms with Gasteiger partial charge in [0.15, 0.2) is 12.4 Å². The Morgan fingerprint density at radius 1 is 0.509 bits per heavy atom. The third kappa shape index (κ3) is 27.0. The van der Waals surface area contributed by atoms with Crippen molar-refractivity contribution in [2.24, 2.45) is 0 Å². The maximum atomic E-state index is 12.7. The fourth-order valence-corrected chi connectivity index (χ4v) is 6.95. The number of rotatable bonds is 37. The highest BCUT2D eigenvalue weighted by atomic mass is 16.7. The second-order valence-electron chi connectivity index (χ2n) is 15.5. The van der Waals surface area contributed by atoms with Gasteiger partial charge >= 0.3 is 11.9 Å². The molecular formula is C43H82O10. The molecule has 0 amide bonds. The first kappa shape index (κ1) is 49.7. The predicted octanol–water partition coefficient (Wildman–Crippen LogP) is 9.00. The highest BCUT2D eigenvalue weighted by molar-refractivity contribution is 5.70. The van der Waals surface area contributed by atoms with E-state index in [0.717, 1.165) is 38.5 Å². The van der Waals surface area contributed by atoms with Crippen molar-refractivity contribution < 1.29 is 49.0 Å². The van der Waals surface area contributed by atoms with Crippen molar-refractivity contribution in [2.75, 3.05) is 19.8 Å². The SMILES string of the molecule is CCCCCCCCCCCCCCCCCC(=O)O[C@H](COC(=O)CCCCCCCCCCCCCCC)CO[C@H]1O[C@H](CO)[C@H](O)[C@H](O)[C@H]1O. The van der Waals surface area contributed by atoms with Gasteiger partial charge in [0.1, 0.15) is 31.0 Å². The van der Waals surface area contributed by atoms with E-state index >= 15 is 0 Å². The summed E-state index contributed by atoms with van der Waals surface area (Å²) in [5, 5.41) is 40.0. The van der Waals surface area contributed by atoms with Crippen LogP contribution in [-0.2, 0) is 28.5 Å². The summed E-state index contributed by atoms with van der Waals surface area (Å²) in [6.07, 6.45) is 26.8. The number of carbonyl (C=O) groups is 2. The first-order valence-corrected chi connectivity index (χ1v) is 22.1. The molecule has 0 bridgehead atoms. The van der Waals surface area contributed by atoms with Crippen LogP contribution in [0, 0.1) is 0 Å². The topological polar surface area (TPSA) is 152 Å². The number of hydrogen-bond acceptors (Lipinski definition) is 10. The van der Waals surface area contributed by atoms with Crippen molar-refractivity contribution in [3.8, 4) is 0 Å². The summed E-state index contributed by atoms with van der Waals surface area (Å²) in [7, 11) is 0. The third-order valence-electron chi connectivity index (χ3n) is 10.5. The second-order valence-corrected chi connectivity index (χ2v) is 15.5. The molecule has 314 valence electrons. The molecule has 53 heavy (non-hydrogen) atoms. The minimum Gasteiger partial charge on any atom is -0.462 e. The van der Waals surface area contributed by atoms with Crippen molar-refractivity contribution in [2.45, 2.75) is 243 Å². The van der Waals surface area contributed by atoms with Gasteiger partial charge in [-0.25, -0.2) is 0 Å². The average Bonchev–Trinajstić information content (AvgIpc) is 3.15. The van der Waals surface area contributed by atoms with Gasteiger partial charge in [-0.1, -0.05) is 181 Å². The number of aliphatic hydroxyl groups excluding tert-OH is 4. The lowest BCUT2D eigenvalue weighted by Gasteiger charge is -2.39. The molecule has 6 atom stereocenters. The van der Waals surface area contributed by atoms with Crippen LogP contribution in [0.1, 0.15) is 206 Å². The molecule has 1 aliphatic heterocycles. The maximum Gasteiger partial charge on any atom is 0.306 e. The Morgan fingerprint density at radius 3 is 1.28 bits per heavy atom. The fraction of sp³-hybridized carbons (Fsp3) is 0.953. The van der Waals surface area contributed by atoms with Crippen molar-refractivity contribution >= 4 is 11.9 Å². The summed E-state index contributed by atoms with van der Waals surface area (Å²) in [5.41, 5.74) is 0. The third-order valence-corrected chi connectivity index (χ3v) is 10.5. The minimum absolute atomic E-state index is 0.209. The van der Waals surface area contributed by atoms with Crippen LogP contribution in [0.25, 0.3) is 0 Å². The number of hydrogen-bond donors (Lipinski definition) is 4. The summed E-state index contributed by atoms with van der Waals surface area (Å²) in [6, 6.07) is 0. The van der Waals surface area contributed by atoms with E-state index in [1.165, 1.54) is 135 Å². The van der Waals surface area contributed by atoms with E-state index in [4.69, 9.17) is 18.9 Å². The molecule has 1 aliphatic rings. The molecule has 0 saturated carbocycles. The fourth-order valence-electron chi connectivity index (χ4n) is 6.95. The van der Waals surface area contributed by atoms with Crippen LogP contribution in [0.4, 0.5) is 0 Å². The molecule has 10 heteroatoms. The average molecular weight is 759 g/mol. The molecule has 10 nitrogen and oxygen atoms in total. The number of carbonyl (C=O) groups excluding carboxylic acids is 2. The van der Waals surface area contributed by atoms with Gasteiger partial charge in [0.25, 0.3) is 0 Å². The summed E-state index contributed by atoms with van der Waals surface area (Å²) in [4.78, 5) is 25.3. The van der Waals surface area contributed by atoms with Gasteiger partial charge in [-0.05, 0) is 12.8 Å². The van der Waals surface area contributed by atoms with Crippen LogP contribution >= 0.6 is 0 Å². The van der Waals surface area contributed by atoms with E-state index in [1.54, 1.807) is 0 Å². The van der Waals surface area contributed by atoms with E-state index in [1.807, 2.05) is 0 Å². The molecule has 0 aliphatic carbocycles. The Hall–Kier alpha value is -1.30. The molecule has 4 N–H and O–H groups in total. The summed E-state index contributed by atoms with van der Waals surface area (Å²) in [6.45, 7) is 3.44. The Balaban J connectivity index is 2.32. The van der Waals surface area contributed by atoms with Gasteiger partial charge in [-0.3, -0.25) is 9.59 Å². The lowest BCUT2D eigenvalue weighted by atomic mass is 9.99. The van der Waals surface area contributed by atoms with E-state index < -0.39 is 49.4 Å². The lowest BCUT2D eigenvalue weighted by Crippen LogP contribution is -2.59. The number of aliphatic hydroxyl groups is 4. The van der Waals surface area contributed by atoms with Crippen LogP contribution in [-0.4, -0.2) is 89.0 Å². The van der Waals surface area contributed by atoms with Crippen LogP contribution in [0.3, 0.4) is 0 Å². The zero-order chi connectivity index (χ0) is 38.8. The zero-order valence-corrected chi connectivity index (χ0v) is 34.0. The lowest BCUT2D eigenvalue weighted by molar-refractivity contribution is -0.305. The number of esters is 2. The Kier molecular flexibility index (Phi) is 33.0. The first-order chi connectivity index (χ1) is 25.8. The minimum atomic E-state index is -1.59. The smallest absolute Gasteiger partial charge is 0.306 e. The predicted molar refractivity (Wildman–Crippen MR) is 210 cm³/mol. The highest BCUT2D eigenvalue weighted by Gasteiger charge is 2.44. The Labute approximate surface area is 323 Å². The van der Waals surface area contributed by atoms with Crippen LogP contribution in [0.5, 0.6) is 0 Å². The van der Waals surface area contributed by atoms with Crippen molar-refractivity contribution in [3.63, 3.8) is 0 Å². The van der Waals surface area contributed by atoms with Crippen molar-refractivity contribution in [1.82, 2.24) is 0 Å². The molecule has 0 radical (unpaired) electrons. The van der Waals surface area contributed by atoms with E-state index in [-0.39, 0.29) is 32.0 Å². The van der Waals surface area contributed by atoms with Gasteiger partial charge in [0.05, 0.1) is 13.2 Å². The molecule has 0 aromatic rings. The zero-order valence-electron chi connectivity index (χ0n) is 34.0. The monoisotopic (exact) mass is 759 g/mol. The summed E-state index contributed by atoms with van der Waals surface area (Å²) in [5.74, 6) is -0.793. The summed E-state index contributed by atoms with van der Waals surface area (Å²) >= 11 is 0. The van der Waals surface area contributed by atoms with E-state index in [9.17, 15) is 30.0 Å². The molecule has 0 spiro atoms. The van der Waals surface area contributed by atoms with Crippen molar-refractivity contribution in [3.05, 3.63) is 0 Å². The summed E-state index contributed by atoms with van der Waals surface area (Å²) < 4.78 is 22.1. The van der Waals surface area contributed by atoms with Gasteiger partial charge in [0, 0.05) is 12.8 Å². The molecule has 1 saturated heterocycles. The molecular weight excluding hydrogens is 676 g/mol. The maximum absolute atomic E-state index is 12.7. The van der Waals surface area contributed by atoms with Gasteiger partial charge in [0.2, 0.25) is 0 Å². The highest BCUT2D eigenvalue weighted by Crippen LogP contribution is 2.23. The van der Waals surface area contributed by atoms with Gasteiger partial charge in [-0.2, -0.15) is 0 Å². The second kappa shape index (κ2) is 35.1. The normalized spacial score (nSPS) is 20.8. The molecule has 1 fully saturated rings. The van der Waals surface area contributed by atoms with E-state index in [0.29, 0.717) is 6.42 Å². The number of unbranched alkanes of at least 4 members (excludes halogenated alkanes) is 26. The molecule has 0 unspecified atom stereocenters. The standard InChI is InChI=1S/C43H82O10/c1-3-5-7-9-11-13-15-17-18-20-22-24-26-28-30-32-39(46)52-36(35-51-43-42(49)41(48)40(47)37(33-44)53-43)34-50-38(45)31-29-27-25-23-21-19-16-14-12-10-8-6-4-2/h36-37,40-44,47-49H,3-35H2,1-2H3/t36-,37-,40+,41+,42-,43+/m1/s1. The molecule has 0 aromatic heterocycles. The Morgan fingerprint density at radius 2 is 0.887 bits per heavy atom. The molecule has 1 heterocycles. The Bertz CT molecular complexity index is 840. The van der Waals surface area contributed by atoms with Crippen molar-refractivity contribution in [1.29, 1.82) is 0 Å². The quantitative estimate of drug-likeness (QED) is 0.0357. The van der Waals surface area contributed by atoms with Gasteiger partial charge < -0.3 is 39.4 Å². The molecule has 1 rings (SSSR count). The largest absolute Gasteiger partial charge is 0.462 e. The van der Waals surface area contributed by atoms with E-state index in [2.05, 4.69) is 13.8 Å². The van der Waals surface area contributed by atoms with Crippen LogP contribution in [0.15, 0.2) is 0 Å².